The number of hydrogen-bond donors (Lipinski definition) is 2. The van der Waals surface area contributed by atoms with Gasteiger partial charge < -0.3 is 10.2 Å². The number of nitrogens with zero attached hydrogens (tertiary/aromatic N) is 1. The molecule has 0 bridgehead atoms. The molecule has 4 rings (SSSR count). The number of allylic oxidation sites excluding steroid dienone is 1. The first-order valence-electron chi connectivity index (χ1n) is 13.6. The second kappa shape index (κ2) is 8.09. The third kappa shape index (κ3) is 3.14. The van der Waals surface area contributed by atoms with Gasteiger partial charge in [-0.2, -0.15) is 5.26 Å². The molecule has 0 radical (unpaired) electrons. The van der Waals surface area contributed by atoms with Crippen LogP contribution in [0.15, 0.2) is 12.2 Å². The predicted octanol–water partition coefficient (Wildman–Crippen LogP) is 6.84. The van der Waals surface area contributed by atoms with E-state index in [9.17, 15) is 20.3 Å². The zero-order chi connectivity index (χ0) is 25.3. The lowest BCUT2D eigenvalue weighted by Crippen LogP contribution is -2.65. The predicted molar refractivity (Wildman–Crippen MR) is 135 cm³/mol. The van der Waals surface area contributed by atoms with Gasteiger partial charge in [0.25, 0.3) is 0 Å². The van der Waals surface area contributed by atoms with Crippen LogP contribution in [0.3, 0.4) is 0 Å². The van der Waals surface area contributed by atoms with Gasteiger partial charge in [-0.05, 0) is 110 Å². The van der Waals surface area contributed by atoms with E-state index in [4.69, 9.17) is 0 Å². The van der Waals surface area contributed by atoms with Crippen molar-refractivity contribution in [1.29, 1.82) is 5.26 Å². The Balaban J connectivity index is 1.80. The first-order chi connectivity index (χ1) is 15.7. The van der Waals surface area contributed by atoms with E-state index < -0.39 is 11.4 Å². The number of aliphatic carboxylic acids is 1. The van der Waals surface area contributed by atoms with Gasteiger partial charge in [-0.25, -0.2) is 0 Å². The summed E-state index contributed by atoms with van der Waals surface area (Å²) in [6.07, 6.45) is 8.24. The maximum Gasteiger partial charge on any atom is 0.309 e. The molecule has 0 aromatic heterocycles. The Morgan fingerprint density at radius 3 is 2.29 bits per heavy atom. The Labute approximate surface area is 207 Å². The van der Waals surface area contributed by atoms with Gasteiger partial charge in [0, 0.05) is 13.0 Å². The van der Waals surface area contributed by atoms with Gasteiger partial charge in [-0.3, -0.25) is 4.79 Å². The summed E-state index contributed by atoms with van der Waals surface area (Å²) in [7, 11) is 0. The molecular weight excluding hydrogens is 422 g/mol. The van der Waals surface area contributed by atoms with Gasteiger partial charge in [0.05, 0.1) is 11.5 Å². The standard InChI is InChI=1S/C30H47NO3/c1-19(2)20-10-13-30(25(33)34)15-14-28(6)21(24(20)30)8-9-23-27(5,16-17-31)22(26(3,4)18-32)11-12-29(23,28)7/h20-24,32H,1,8-16,18H2,2-7H3,(H,33,34)/t20-,21?,22?,23?,24?,27-,28+,29+,30?/m0/s1. The highest BCUT2D eigenvalue weighted by Crippen LogP contribution is 2.76. The minimum atomic E-state index is -0.594. The van der Waals surface area contributed by atoms with Gasteiger partial charge in [-0.15, -0.1) is 0 Å². The van der Waals surface area contributed by atoms with Crippen molar-refractivity contribution in [3.63, 3.8) is 0 Å². The monoisotopic (exact) mass is 469 g/mol. The summed E-state index contributed by atoms with van der Waals surface area (Å²) >= 11 is 0. The summed E-state index contributed by atoms with van der Waals surface area (Å²) in [6.45, 7) is 18.2. The minimum Gasteiger partial charge on any atom is -0.481 e. The molecule has 4 aliphatic rings. The number of fused-ring (bicyclic) bond motifs is 5. The van der Waals surface area contributed by atoms with E-state index in [2.05, 4.69) is 54.2 Å². The van der Waals surface area contributed by atoms with Gasteiger partial charge in [0.15, 0.2) is 0 Å². The largest absolute Gasteiger partial charge is 0.481 e. The Hall–Kier alpha value is -1.34. The lowest BCUT2D eigenvalue weighted by atomic mass is 9.33. The molecule has 4 aliphatic carbocycles. The number of carbonyl (C=O) groups is 1. The molecule has 4 heteroatoms. The zero-order valence-electron chi connectivity index (χ0n) is 22.4. The van der Waals surface area contributed by atoms with Crippen LogP contribution in [0.25, 0.3) is 0 Å². The summed E-state index contributed by atoms with van der Waals surface area (Å²) in [5.74, 6) is 0.991. The van der Waals surface area contributed by atoms with Gasteiger partial charge in [-0.1, -0.05) is 46.8 Å². The van der Waals surface area contributed by atoms with Gasteiger partial charge >= 0.3 is 5.97 Å². The summed E-state index contributed by atoms with van der Waals surface area (Å²) in [5, 5.41) is 30.7. The number of nitriles is 1. The lowest BCUT2D eigenvalue weighted by molar-refractivity contribution is -0.230. The zero-order valence-corrected chi connectivity index (χ0v) is 22.4. The molecule has 0 spiro atoms. The molecule has 2 N–H and O–H groups in total. The topological polar surface area (TPSA) is 81.3 Å². The van der Waals surface area contributed by atoms with Crippen molar-refractivity contribution in [3.8, 4) is 6.07 Å². The second-order valence-electron chi connectivity index (χ2n) is 14.1. The van der Waals surface area contributed by atoms with Crippen molar-refractivity contribution in [3.05, 3.63) is 12.2 Å². The van der Waals surface area contributed by atoms with Crippen molar-refractivity contribution < 1.29 is 15.0 Å². The SMILES string of the molecule is C=C(C)[C@@H]1CCC2(C(=O)O)CC[C@]3(C)C(CCC4[C@@](C)(CC#N)C(C(C)(C)CO)CC[C@]43C)C12. The number of aliphatic hydroxyl groups excluding tert-OH is 1. The van der Waals surface area contributed by atoms with E-state index in [1.165, 1.54) is 0 Å². The van der Waals surface area contributed by atoms with E-state index >= 15 is 0 Å². The highest BCUT2D eigenvalue weighted by atomic mass is 16.4. The fourth-order valence-corrected chi connectivity index (χ4v) is 10.7. The first kappa shape index (κ1) is 25.7. The molecule has 34 heavy (non-hydrogen) atoms. The first-order valence-corrected chi connectivity index (χ1v) is 13.6. The van der Waals surface area contributed by atoms with Crippen molar-refractivity contribution in [2.24, 2.45) is 56.7 Å². The lowest BCUT2D eigenvalue weighted by Gasteiger charge is -2.71. The third-order valence-corrected chi connectivity index (χ3v) is 12.6. The molecule has 4 fully saturated rings. The van der Waals surface area contributed by atoms with Crippen molar-refractivity contribution >= 4 is 5.97 Å². The third-order valence-electron chi connectivity index (χ3n) is 12.6. The summed E-state index contributed by atoms with van der Waals surface area (Å²) in [5.41, 5.74) is 0.327. The van der Waals surface area contributed by atoms with Crippen LogP contribution < -0.4 is 0 Å². The van der Waals surface area contributed by atoms with Gasteiger partial charge in [0.2, 0.25) is 0 Å². The fraction of sp³-hybridized carbons (Fsp3) is 0.867. The molecule has 0 aromatic rings. The molecule has 9 atom stereocenters. The number of hydrogen-bond acceptors (Lipinski definition) is 3. The van der Waals surface area contributed by atoms with Crippen LogP contribution in [-0.4, -0.2) is 22.8 Å². The van der Waals surface area contributed by atoms with E-state index in [0.717, 1.165) is 56.9 Å². The number of rotatable bonds is 5. The minimum absolute atomic E-state index is 0.0582. The van der Waals surface area contributed by atoms with E-state index in [-0.39, 0.29) is 34.2 Å². The van der Waals surface area contributed by atoms with E-state index in [1.54, 1.807) is 0 Å². The average molecular weight is 470 g/mol. The maximum atomic E-state index is 12.8. The quantitative estimate of drug-likeness (QED) is 0.432. The van der Waals surface area contributed by atoms with Gasteiger partial charge in [0.1, 0.15) is 0 Å². The molecule has 0 amide bonds. The van der Waals surface area contributed by atoms with Crippen molar-refractivity contribution in [1.82, 2.24) is 0 Å². The van der Waals surface area contributed by atoms with Crippen molar-refractivity contribution in [2.45, 2.75) is 99.3 Å². The number of carboxylic acids is 1. The van der Waals surface area contributed by atoms with E-state index in [1.807, 2.05) is 0 Å². The molecule has 190 valence electrons. The average Bonchev–Trinajstić information content (AvgIpc) is 3.16. The molecule has 5 unspecified atom stereocenters. The highest BCUT2D eigenvalue weighted by Gasteiger charge is 2.71. The normalized spacial score (nSPS) is 48.2. The molecule has 4 nitrogen and oxygen atoms in total. The molecule has 0 saturated heterocycles. The fourth-order valence-electron chi connectivity index (χ4n) is 10.7. The summed E-state index contributed by atoms with van der Waals surface area (Å²) < 4.78 is 0. The highest BCUT2D eigenvalue weighted by molar-refractivity contribution is 5.76. The van der Waals surface area contributed by atoms with Crippen LogP contribution in [0.4, 0.5) is 0 Å². The Morgan fingerprint density at radius 1 is 1.06 bits per heavy atom. The number of carboxylic acid groups (broad SMARTS) is 1. The van der Waals surface area contributed by atoms with Crippen LogP contribution in [0.1, 0.15) is 99.3 Å². The molecule has 4 saturated carbocycles. The molecule has 0 heterocycles. The van der Waals surface area contributed by atoms with E-state index in [0.29, 0.717) is 30.1 Å². The molecule has 0 aliphatic heterocycles. The Morgan fingerprint density at radius 2 is 1.74 bits per heavy atom. The molecule has 0 aromatic carbocycles. The Kier molecular flexibility index (Phi) is 6.12. The van der Waals surface area contributed by atoms with Crippen LogP contribution in [0, 0.1) is 68.0 Å². The molecular formula is C30H47NO3. The Bertz CT molecular complexity index is 903. The second-order valence-corrected chi connectivity index (χ2v) is 14.1. The van der Waals surface area contributed by atoms with Crippen LogP contribution in [-0.2, 0) is 4.79 Å². The van der Waals surface area contributed by atoms with Crippen LogP contribution in [0.2, 0.25) is 0 Å². The summed E-state index contributed by atoms with van der Waals surface area (Å²) in [4.78, 5) is 12.8. The van der Waals surface area contributed by atoms with Crippen LogP contribution >= 0.6 is 0 Å². The van der Waals surface area contributed by atoms with Crippen molar-refractivity contribution in [2.75, 3.05) is 6.61 Å². The smallest absolute Gasteiger partial charge is 0.309 e. The number of aliphatic hydroxyl groups is 1. The summed E-state index contributed by atoms with van der Waals surface area (Å²) in [6, 6.07) is 2.55. The van der Waals surface area contributed by atoms with Crippen LogP contribution in [0.5, 0.6) is 0 Å². The maximum absolute atomic E-state index is 12.8.